The molecule has 0 heterocycles. The van der Waals surface area contributed by atoms with Gasteiger partial charge in [-0.05, 0) is 43.5 Å². The highest BCUT2D eigenvalue weighted by Crippen LogP contribution is 2.12. The van der Waals surface area contributed by atoms with Crippen LogP contribution in [0.25, 0.3) is 0 Å². The molecule has 1 aromatic rings. The average Bonchev–Trinajstić information content (AvgIpc) is 2.23. The summed E-state index contributed by atoms with van der Waals surface area (Å²) in [4.78, 5) is 11.3. The highest BCUT2D eigenvalue weighted by Gasteiger charge is 2.16. The molecular formula is C12H16FNO2. The highest BCUT2D eigenvalue weighted by atomic mass is 19.1. The van der Waals surface area contributed by atoms with E-state index in [0.29, 0.717) is 13.0 Å². The Morgan fingerprint density at radius 3 is 2.88 bits per heavy atom. The molecule has 88 valence electrons. The third-order valence-corrected chi connectivity index (χ3v) is 2.34. The summed E-state index contributed by atoms with van der Waals surface area (Å²) in [5.41, 5.74) is 7.31. The Bertz CT molecular complexity index is 379. The number of benzene rings is 1. The maximum atomic E-state index is 13.0. The van der Waals surface area contributed by atoms with E-state index in [0.717, 1.165) is 11.1 Å². The van der Waals surface area contributed by atoms with Gasteiger partial charge in [-0.15, -0.1) is 0 Å². The predicted molar refractivity (Wildman–Crippen MR) is 59.4 cm³/mol. The molecule has 1 aromatic carbocycles. The molecule has 0 saturated heterocycles. The van der Waals surface area contributed by atoms with Crippen LogP contribution in [-0.4, -0.2) is 18.6 Å². The minimum atomic E-state index is -0.736. The zero-order valence-electron chi connectivity index (χ0n) is 9.50. The Morgan fingerprint density at radius 1 is 1.56 bits per heavy atom. The van der Waals surface area contributed by atoms with Crippen LogP contribution in [0.15, 0.2) is 18.2 Å². The fraction of sp³-hybridized carbons (Fsp3) is 0.417. The van der Waals surface area contributed by atoms with Gasteiger partial charge in [-0.2, -0.15) is 0 Å². The summed E-state index contributed by atoms with van der Waals surface area (Å²) in [7, 11) is 0. The van der Waals surface area contributed by atoms with Gasteiger partial charge >= 0.3 is 5.97 Å². The molecule has 0 aromatic heterocycles. The second-order valence-electron chi connectivity index (χ2n) is 3.63. The van der Waals surface area contributed by atoms with Gasteiger partial charge in [0.2, 0.25) is 0 Å². The number of hydrogen-bond acceptors (Lipinski definition) is 3. The quantitative estimate of drug-likeness (QED) is 0.791. The van der Waals surface area contributed by atoms with Gasteiger partial charge in [0.05, 0.1) is 6.61 Å². The molecule has 1 atom stereocenters. The maximum absolute atomic E-state index is 13.0. The normalized spacial score (nSPS) is 12.2. The van der Waals surface area contributed by atoms with E-state index < -0.39 is 12.0 Å². The van der Waals surface area contributed by atoms with Gasteiger partial charge in [-0.25, -0.2) is 4.39 Å². The standard InChI is InChI=1S/C12H16FNO2/c1-3-16-12(15)11(14)7-9-6-10(13)5-4-8(9)2/h4-6,11H,3,7,14H2,1-2H3. The molecule has 0 amide bonds. The van der Waals surface area contributed by atoms with Crippen LogP contribution in [0, 0.1) is 12.7 Å². The first-order valence-corrected chi connectivity index (χ1v) is 5.21. The van der Waals surface area contributed by atoms with Gasteiger partial charge < -0.3 is 10.5 Å². The Morgan fingerprint density at radius 2 is 2.25 bits per heavy atom. The van der Waals surface area contributed by atoms with Crippen LogP contribution >= 0.6 is 0 Å². The fourth-order valence-corrected chi connectivity index (χ4v) is 1.43. The molecule has 16 heavy (non-hydrogen) atoms. The van der Waals surface area contributed by atoms with Crippen LogP contribution in [0.4, 0.5) is 4.39 Å². The van der Waals surface area contributed by atoms with Crippen molar-refractivity contribution in [2.24, 2.45) is 5.73 Å². The Balaban J connectivity index is 2.72. The van der Waals surface area contributed by atoms with Crippen molar-refractivity contribution >= 4 is 5.97 Å². The third kappa shape index (κ3) is 3.31. The van der Waals surface area contributed by atoms with Crippen LogP contribution in [0.5, 0.6) is 0 Å². The third-order valence-electron chi connectivity index (χ3n) is 2.34. The van der Waals surface area contributed by atoms with E-state index in [1.165, 1.54) is 12.1 Å². The average molecular weight is 225 g/mol. The van der Waals surface area contributed by atoms with E-state index in [1.807, 2.05) is 6.92 Å². The summed E-state index contributed by atoms with van der Waals surface area (Å²) in [6.07, 6.45) is 0.294. The Labute approximate surface area is 94.4 Å². The number of hydrogen-bond donors (Lipinski definition) is 1. The zero-order valence-corrected chi connectivity index (χ0v) is 9.50. The van der Waals surface area contributed by atoms with Gasteiger partial charge in [0.15, 0.2) is 0 Å². The molecule has 3 nitrogen and oxygen atoms in total. The number of aryl methyl sites for hydroxylation is 1. The van der Waals surface area contributed by atoms with Gasteiger partial charge in [-0.1, -0.05) is 6.07 Å². The summed E-state index contributed by atoms with van der Waals surface area (Å²) >= 11 is 0. The van der Waals surface area contributed by atoms with Crippen LogP contribution in [0.2, 0.25) is 0 Å². The Hall–Kier alpha value is -1.42. The summed E-state index contributed by atoms with van der Waals surface area (Å²) in [6.45, 7) is 3.87. The van der Waals surface area contributed by atoms with Crippen LogP contribution in [0.3, 0.4) is 0 Å². The second kappa shape index (κ2) is 5.61. The summed E-state index contributed by atoms with van der Waals surface area (Å²) in [5, 5.41) is 0. The second-order valence-corrected chi connectivity index (χ2v) is 3.63. The molecule has 0 aliphatic rings. The molecule has 0 spiro atoms. The van der Waals surface area contributed by atoms with Gasteiger partial charge in [0.25, 0.3) is 0 Å². The van der Waals surface area contributed by atoms with Gasteiger partial charge in [0.1, 0.15) is 11.9 Å². The number of carbonyl (C=O) groups excluding carboxylic acids is 1. The number of esters is 1. The van der Waals surface area contributed by atoms with E-state index in [4.69, 9.17) is 10.5 Å². The van der Waals surface area contributed by atoms with Crippen molar-refractivity contribution in [1.82, 2.24) is 0 Å². The predicted octanol–water partition coefficient (Wildman–Crippen LogP) is 1.57. The summed E-state index contributed by atoms with van der Waals surface area (Å²) in [6, 6.07) is 3.71. The summed E-state index contributed by atoms with van der Waals surface area (Å²) < 4.78 is 17.8. The first kappa shape index (κ1) is 12.6. The first-order chi connectivity index (χ1) is 7.54. The number of ether oxygens (including phenoxy) is 1. The lowest BCUT2D eigenvalue weighted by atomic mass is 10.0. The van der Waals surface area contributed by atoms with Gasteiger partial charge in [-0.3, -0.25) is 4.79 Å². The van der Waals surface area contributed by atoms with E-state index in [1.54, 1.807) is 13.0 Å². The molecule has 0 radical (unpaired) electrons. The first-order valence-electron chi connectivity index (χ1n) is 5.21. The minimum Gasteiger partial charge on any atom is -0.465 e. The largest absolute Gasteiger partial charge is 0.465 e. The molecule has 1 rings (SSSR count). The van der Waals surface area contributed by atoms with Crippen molar-refractivity contribution in [3.8, 4) is 0 Å². The van der Waals surface area contributed by atoms with Crippen molar-refractivity contribution in [2.75, 3.05) is 6.61 Å². The maximum Gasteiger partial charge on any atom is 0.323 e. The molecule has 0 aliphatic carbocycles. The van der Waals surface area contributed by atoms with E-state index in [9.17, 15) is 9.18 Å². The zero-order chi connectivity index (χ0) is 12.1. The lowest BCUT2D eigenvalue weighted by molar-refractivity contribution is -0.144. The number of carbonyl (C=O) groups is 1. The molecule has 0 aliphatic heterocycles. The van der Waals surface area contributed by atoms with Crippen LogP contribution in [0.1, 0.15) is 18.1 Å². The van der Waals surface area contributed by atoms with E-state index in [-0.39, 0.29) is 5.82 Å². The van der Waals surface area contributed by atoms with Gasteiger partial charge in [0, 0.05) is 0 Å². The van der Waals surface area contributed by atoms with Crippen molar-refractivity contribution in [2.45, 2.75) is 26.3 Å². The lowest BCUT2D eigenvalue weighted by Gasteiger charge is -2.12. The van der Waals surface area contributed by atoms with E-state index >= 15 is 0 Å². The van der Waals surface area contributed by atoms with Crippen molar-refractivity contribution in [1.29, 1.82) is 0 Å². The minimum absolute atomic E-state index is 0.294. The number of rotatable bonds is 4. The molecule has 1 unspecified atom stereocenters. The van der Waals surface area contributed by atoms with Crippen molar-refractivity contribution < 1.29 is 13.9 Å². The number of halogens is 1. The van der Waals surface area contributed by atoms with Crippen LogP contribution in [-0.2, 0) is 16.0 Å². The Kier molecular flexibility index (Phi) is 4.43. The molecule has 0 fully saturated rings. The molecule has 0 saturated carbocycles. The smallest absolute Gasteiger partial charge is 0.323 e. The monoisotopic (exact) mass is 225 g/mol. The molecule has 2 N–H and O–H groups in total. The van der Waals surface area contributed by atoms with Crippen molar-refractivity contribution in [3.05, 3.63) is 35.1 Å². The van der Waals surface area contributed by atoms with Crippen molar-refractivity contribution in [3.63, 3.8) is 0 Å². The molecule has 0 bridgehead atoms. The lowest BCUT2D eigenvalue weighted by Crippen LogP contribution is -2.34. The fourth-order valence-electron chi connectivity index (χ4n) is 1.43. The molecule has 4 heteroatoms. The highest BCUT2D eigenvalue weighted by molar-refractivity contribution is 5.75. The molecular weight excluding hydrogens is 209 g/mol. The van der Waals surface area contributed by atoms with Crippen LogP contribution < -0.4 is 5.73 Å². The summed E-state index contributed by atoms with van der Waals surface area (Å²) in [5.74, 6) is -0.775. The SMILES string of the molecule is CCOC(=O)C(N)Cc1cc(F)ccc1C. The number of nitrogens with two attached hydrogens (primary N) is 1. The topological polar surface area (TPSA) is 52.3 Å². The van der Waals surface area contributed by atoms with E-state index in [2.05, 4.69) is 0 Å².